The molecular formula is C13H18N4O2S. The summed E-state index contributed by atoms with van der Waals surface area (Å²) in [7, 11) is -3.58. The van der Waals surface area contributed by atoms with Crippen molar-refractivity contribution in [1.29, 1.82) is 5.26 Å². The first-order valence-electron chi connectivity index (χ1n) is 6.50. The molecule has 1 saturated heterocycles. The van der Waals surface area contributed by atoms with Gasteiger partial charge in [-0.05, 0) is 37.0 Å². The van der Waals surface area contributed by atoms with Gasteiger partial charge >= 0.3 is 10.2 Å². The summed E-state index contributed by atoms with van der Waals surface area (Å²) in [5.41, 5.74) is 6.72. The number of benzene rings is 1. The van der Waals surface area contributed by atoms with Crippen molar-refractivity contribution in [3.8, 4) is 6.07 Å². The van der Waals surface area contributed by atoms with Gasteiger partial charge < -0.3 is 5.73 Å². The SMILES string of the molecule is CC1CCN(S(=O)(=O)Nc2ccc(C#N)cc2N)CC1. The van der Waals surface area contributed by atoms with Crippen molar-refractivity contribution in [2.24, 2.45) is 5.92 Å². The molecule has 1 aliphatic rings. The summed E-state index contributed by atoms with van der Waals surface area (Å²) in [6, 6.07) is 6.46. The molecule has 0 aromatic heterocycles. The highest BCUT2D eigenvalue weighted by atomic mass is 32.2. The van der Waals surface area contributed by atoms with Gasteiger partial charge in [0.1, 0.15) is 0 Å². The van der Waals surface area contributed by atoms with Crippen LogP contribution in [0.5, 0.6) is 0 Å². The van der Waals surface area contributed by atoms with Gasteiger partial charge in [-0.2, -0.15) is 18.0 Å². The van der Waals surface area contributed by atoms with Gasteiger partial charge in [-0.1, -0.05) is 6.92 Å². The van der Waals surface area contributed by atoms with Crippen LogP contribution < -0.4 is 10.5 Å². The number of nitrogens with one attached hydrogen (secondary N) is 1. The molecule has 1 aromatic rings. The van der Waals surface area contributed by atoms with E-state index in [1.807, 2.05) is 6.07 Å². The minimum absolute atomic E-state index is 0.248. The Kier molecular flexibility index (Phi) is 4.16. The Hall–Kier alpha value is -1.78. The smallest absolute Gasteiger partial charge is 0.301 e. The molecule has 3 N–H and O–H groups in total. The largest absolute Gasteiger partial charge is 0.397 e. The van der Waals surface area contributed by atoms with Gasteiger partial charge in [0.05, 0.1) is 23.0 Å². The van der Waals surface area contributed by atoms with E-state index in [1.54, 1.807) is 0 Å². The average molecular weight is 294 g/mol. The van der Waals surface area contributed by atoms with Crippen molar-refractivity contribution in [1.82, 2.24) is 4.31 Å². The third-order valence-corrected chi connectivity index (χ3v) is 5.02. The zero-order chi connectivity index (χ0) is 14.8. The van der Waals surface area contributed by atoms with E-state index in [1.165, 1.54) is 22.5 Å². The van der Waals surface area contributed by atoms with E-state index in [0.717, 1.165) is 12.8 Å². The summed E-state index contributed by atoms with van der Waals surface area (Å²) in [4.78, 5) is 0. The number of nitriles is 1. The maximum absolute atomic E-state index is 12.3. The number of piperidine rings is 1. The predicted molar refractivity (Wildman–Crippen MR) is 78.1 cm³/mol. The standard InChI is InChI=1S/C13H18N4O2S/c1-10-4-6-17(7-5-10)20(18,19)16-13-3-2-11(9-14)8-12(13)15/h2-3,8,10,16H,4-7,15H2,1H3. The van der Waals surface area contributed by atoms with Crippen LogP contribution in [0.25, 0.3) is 0 Å². The van der Waals surface area contributed by atoms with Gasteiger partial charge in [0.2, 0.25) is 0 Å². The lowest BCUT2D eigenvalue weighted by Crippen LogP contribution is -2.41. The molecular weight excluding hydrogens is 276 g/mol. The predicted octanol–water partition coefficient (Wildman–Crippen LogP) is 1.53. The monoisotopic (exact) mass is 294 g/mol. The van der Waals surface area contributed by atoms with Crippen LogP contribution in [0.2, 0.25) is 0 Å². The van der Waals surface area contributed by atoms with Crippen molar-refractivity contribution >= 4 is 21.6 Å². The van der Waals surface area contributed by atoms with Crippen LogP contribution in [-0.4, -0.2) is 25.8 Å². The summed E-state index contributed by atoms with van der Waals surface area (Å²) in [5, 5.41) is 8.76. The third-order valence-electron chi connectivity index (χ3n) is 3.50. The quantitative estimate of drug-likeness (QED) is 0.826. The fourth-order valence-corrected chi connectivity index (χ4v) is 3.44. The van der Waals surface area contributed by atoms with Crippen LogP contribution >= 0.6 is 0 Å². The first-order valence-corrected chi connectivity index (χ1v) is 7.94. The molecule has 1 aromatic carbocycles. The number of hydrogen-bond acceptors (Lipinski definition) is 4. The van der Waals surface area contributed by atoms with Gasteiger partial charge in [-0.3, -0.25) is 4.72 Å². The van der Waals surface area contributed by atoms with E-state index in [-0.39, 0.29) is 5.69 Å². The molecule has 1 heterocycles. The highest BCUT2D eigenvalue weighted by molar-refractivity contribution is 7.90. The summed E-state index contributed by atoms with van der Waals surface area (Å²) < 4.78 is 28.4. The highest BCUT2D eigenvalue weighted by Crippen LogP contribution is 2.24. The molecule has 6 nitrogen and oxygen atoms in total. The topological polar surface area (TPSA) is 99.2 Å². The van der Waals surface area contributed by atoms with Gasteiger partial charge in [-0.25, -0.2) is 0 Å². The summed E-state index contributed by atoms with van der Waals surface area (Å²) in [6.45, 7) is 3.16. The summed E-state index contributed by atoms with van der Waals surface area (Å²) in [5.74, 6) is 0.557. The van der Waals surface area contributed by atoms with E-state index in [2.05, 4.69) is 11.6 Å². The molecule has 0 unspecified atom stereocenters. The lowest BCUT2D eigenvalue weighted by atomic mass is 10.0. The average Bonchev–Trinajstić information content (AvgIpc) is 2.41. The molecule has 0 saturated carbocycles. The number of anilines is 2. The summed E-state index contributed by atoms with van der Waals surface area (Å²) >= 11 is 0. The Bertz CT molecular complexity index is 628. The molecule has 1 fully saturated rings. The fourth-order valence-electron chi connectivity index (χ4n) is 2.15. The zero-order valence-electron chi connectivity index (χ0n) is 11.3. The molecule has 0 amide bonds. The van der Waals surface area contributed by atoms with Crippen LogP contribution in [0.1, 0.15) is 25.3 Å². The number of nitrogen functional groups attached to an aromatic ring is 1. The number of nitrogens with two attached hydrogens (primary N) is 1. The Morgan fingerprint density at radius 3 is 2.60 bits per heavy atom. The van der Waals surface area contributed by atoms with Crippen LogP contribution in [0.3, 0.4) is 0 Å². The van der Waals surface area contributed by atoms with Crippen molar-refractivity contribution in [2.45, 2.75) is 19.8 Å². The van der Waals surface area contributed by atoms with Crippen LogP contribution in [-0.2, 0) is 10.2 Å². The van der Waals surface area contributed by atoms with Crippen LogP contribution in [0.15, 0.2) is 18.2 Å². The molecule has 0 atom stereocenters. The van der Waals surface area contributed by atoms with Crippen molar-refractivity contribution in [3.63, 3.8) is 0 Å². The van der Waals surface area contributed by atoms with Crippen molar-refractivity contribution in [2.75, 3.05) is 23.5 Å². The third kappa shape index (κ3) is 3.21. The van der Waals surface area contributed by atoms with Gasteiger partial charge in [0, 0.05) is 13.1 Å². The maximum atomic E-state index is 12.3. The van der Waals surface area contributed by atoms with Gasteiger partial charge in [-0.15, -0.1) is 0 Å². The Morgan fingerprint density at radius 1 is 1.40 bits per heavy atom. The normalized spacial score (nSPS) is 17.6. The lowest BCUT2D eigenvalue weighted by Gasteiger charge is -2.29. The van der Waals surface area contributed by atoms with E-state index in [9.17, 15) is 8.42 Å². The molecule has 108 valence electrons. The number of hydrogen-bond donors (Lipinski definition) is 2. The second kappa shape index (κ2) is 5.69. The molecule has 2 rings (SSSR count). The minimum atomic E-state index is -3.58. The minimum Gasteiger partial charge on any atom is -0.397 e. The van der Waals surface area contributed by atoms with E-state index in [0.29, 0.717) is 30.3 Å². The van der Waals surface area contributed by atoms with E-state index >= 15 is 0 Å². The molecule has 7 heteroatoms. The summed E-state index contributed by atoms with van der Waals surface area (Å²) in [6.07, 6.45) is 1.73. The fraction of sp³-hybridized carbons (Fsp3) is 0.462. The molecule has 0 spiro atoms. The number of nitrogens with zero attached hydrogens (tertiary/aromatic N) is 2. The van der Waals surface area contributed by atoms with E-state index in [4.69, 9.17) is 11.0 Å². The highest BCUT2D eigenvalue weighted by Gasteiger charge is 2.26. The van der Waals surface area contributed by atoms with E-state index < -0.39 is 10.2 Å². The van der Waals surface area contributed by atoms with Crippen molar-refractivity contribution < 1.29 is 8.42 Å². The molecule has 1 aliphatic heterocycles. The van der Waals surface area contributed by atoms with Crippen molar-refractivity contribution in [3.05, 3.63) is 23.8 Å². The molecule has 0 radical (unpaired) electrons. The van der Waals surface area contributed by atoms with Gasteiger partial charge in [0.25, 0.3) is 0 Å². The first kappa shape index (κ1) is 14.6. The molecule has 20 heavy (non-hydrogen) atoms. The molecule has 0 aliphatic carbocycles. The lowest BCUT2D eigenvalue weighted by molar-refractivity contribution is 0.289. The Balaban J connectivity index is 2.14. The van der Waals surface area contributed by atoms with Gasteiger partial charge in [0.15, 0.2) is 0 Å². The molecule has 0 bridgehead atoms. The maximum Gasteiger partial charge on any atom is 0.301 e. The second-order valence-electron chi connectivity index (χ2n) is 5.10. The number of rotatable bonds is 3. The second-order valence-corrected chi connectivity index (χ2v) is 6.77. The van der Waals surface area contributed by atoms with Crippen LogP contribution in [0.4, 0.5) is 11.4 Å². The van der Waals surface area contributed by atoms with Crippen LogP contribution in [0, 0.1) is 17.2 Å². The zero-order valence-corrected chi connectivity index (χ0v) is 12.2. The Morgan fingerprint density at radius 2 is 2.05 bits per heavy atom. The first-order chi connectivity index (χ1) is 9.42. The Labute approximate surface area is 119 Å².